The van der Waals surface area contributed by atoms with Crippen molar-refractivity contribution < 1.29 is 23.1 Å². The topological polar surface area (TPSA) is 77.1 Å². The molecule has 1 N–H and O–H groups in total. The molecule has 3 aromatic rings. The van der Waals surface area contributed by atoms with Gasteiger partial charge in [0.2, 0.25) is 0 Å². The predicted octanol–water partition coefficient (Wildman–Crippen LogP) is 5.19. The van der Waals surface area contributed by atoms with Crippen molar-refractivity contribution in [3.63, 3.8) is 0 Å². The lowest BCUT2D eigenvalue weighted by molar-refractivity contribution is -0.207. The van der Waals surface area contributed by atoms with E-state index in [2.05, 4.69) is 5.10 Å². The fraction of sp³-hybridized carbons (Fsp3) is 0.318. The van der Waals surface area contributed by atoms with Gasteiger partial charge in [-0.05, 0) is 54.8 Å². The molecule has 1 unspecified atom stereocenters. The number of halogens is 6. The summed E-state index contributed by atoms with van der Waals surface area (Å²) in [6, 6.07) is 11.0. The van der Waals surface area contributed by atoms with Gasteiger partial charge in [-0.1, -0.05) is 40.9 Å². The number of carbonyl (C=O) groups is 1. The summed E-state index contributed by atoms with van der Waals surface area (Å²) in [7, 11) is 0. The highest BCUT2D eigenvalue weighted by atomic mass is 35.5. The third-order valence-electron chi connectivity index (χ3n) is 5.03. The van der Waals surface area contributed by atoms with Crippen LogP contribution in [0.5, 0.6) is 0 Å². The monoisotopic (exact) mass is 535 g/mol. The number of aliphatic hydroxyl groups is 1. The molecule has 3 rings (SSSR count). The van der Waals surface area contributed by atoms with E-state index >= 15 is 0 Å². The Hall–Kier alpha value is -2.33. The molecule has 0 aliphatic rings. The lowest BCUT2D eigenvalue weighted by Crippen LogP contribution is -2.37. The maximum absolute atomic E-state index is 12.9. The number of hydrogen-bond donors (Lipinski definition) is 1. The minimum absolute atomic E-state index is 0.0717. The summed E-state index contributed by atoms with van der Waals surface area (Å²) in [5.41, 5.74) is 0.0532. The van der Waals surface area contributed by atoms with Crippen molar-refractivity contribution in [3.05, 3.63) is 73.6 Å². The quantitative estimate of drug-likeness (QED) is 0.408. The van der Waals surface area contributed by atoms with Crippen LogP contribution in [0.2, 0.25) is 15.1 Å². The summed E-state index contributed by atoms with van der Waals surface area (Å²) in [6.07, 6.45) is -6.82. The molecule has 1 aromatic heterocycles. The van der Waals surface area contributed by atoms with Gasteiger partial charge in [0.1, 0.15) is 6.54 Å². The number of aromatic nitrogens is 3. The maximum Gasteiger partial charge on any atom is 0.416 e. The number of rotatable bonds is 9. The average Bonchev–Trinajstić information content (AvgIpc) is 3.05. The number of hydrogen-bond acceptors (Lipinski definition) is 4. The third kappa shape index (κ3) is 6.41. The Morgan fingerprint density at radius 1 is 1.06 bits per heavy atom. The molecule has 6 nitrogen and oxygen atoms in total. The first-order chi connectivity index (χ1) is 16.0. The van der Waals surface area contributed by atoms with Crippen LogP contribution < -0.4 is 5.69 Å². The number of alkyl halides is 3. The van der Waals surface area contributed by atoms with Gasteiger partial charge in [0.25, 0.3) is 0 Å². The van der Waals surface area contributed by atoms with Crippen LogP contribution in [-0.2, 0) is 24.3 Å². The van der Waals surface area contributed by atoms with Crippen molar-refractivity contribution in [2.24, 2.45) is 0 Å². The van der Waals surface area contributed by atoms with Gasteiger partial charge in [-0.3, -0.25) is 9.36 Å². The van der Waals surface area contributed by atoms with Gasteiger partial charge in [-0.2, -0.15) is 13.2 Å². The molecule has 0 spiro atoms. The van der Waals surface area contributed by atoms with E-state index in [0.717, 1.165) is 4.68 Å². The zero-order valence-corrected chi connectivity index (χ0v) is 19.8. The van der Waals surface area contributed by atoms with E-state index in [4.69, 9.17) is 34.8 Å². The number of carbonyl (C=O) groups excluding carboxylic acids is 1. The SMILES string of the molecule is O=C(CCCc1c(Cl)cccc1Cl)Cn1nc(-c2ccc(Cl)cc2)n(CC(O)C(F)(F)F)c1=O. The molecule has 1 heterocycles. The Kier molecular flexibility index (Phi) is 8.46. The molecule has 182 valence electrons. The number of ketones is 1. The van der Waals surface area contributed by atoms with Gasteiger partial charge in [0.15, 0.2) is 17.7 Å². The van der Waals surface area contributed by atoms with Gasteiger partial charge in [0.05, 0.1) is 6.54 Å². The first-order valence-corrected chi connectivity index (χ1v) is 11.2. The van der Waals surface area contributed by atoms with Gasteiger partial charge in [-0.15, -0.1) is 5.10 Å². The number of benzene rings is 2. The van der Waals surface area contributed by atoms with Crippen LogP contribution in [-0.4, -0.2) is 37.5 Å². The molecular weight excluding hydrogens is 518 g/mol. The van der Waals surface area contributed by atoms with Crippen LogP contribution >= 0.6 is 34.8 Å². The first-order valence-electron chi connectivity index (χ1n) is 10.1. The van der Waals surface area contributed by atoms with Crippen LogP contribution in [0.3, 0.4) is 0 Å². The average molecular weight is 537 g/mol. The van der Waals surface area contributed by atoms with Crippen molar-refractivity contribution in [1.29, 1.82) is 0 Å². The van der Waals surface area contributed by atoms with Crippen LogP contribution in [0.15, 0.2) is 47.3 Å². The van der Waals surface area contributed by atoms with Gasteiger partial charge < -0.3 is 5.11 Å². The molecule has 2 aromatic carbocycles. The molecule has 0 saturated carbocycles. The molecule has 0 fully saturated rings. The molecule has 0 aliphatic heterocycles. The van der Waals surface area contributed by atoms with E-state index in [1.807, 2.05) is 0 Å². The summed E-state index contributed by atoms with van der Waals surface area (Å²) in [4.78, 5) is 25.3. The number of aliphatic hydroxyl groups excluding tert-OH is 1. The molecule has 34 heavy (non-hydrogen) atoms. The Morgan fingerprint density at radius 2 is 1.68 bits per heavy atom. The van der Waals surface area contributed by atoms with Gasteiger partial charge in [-0.25, -0.2) is 9.48 Å². The normalized spacial score (nSPS) is 12.7. The van der Waals surface area contributed by atoms with Crippen molar-refractivity contribution in [2.45, 2.75) is 44.6 Å². The fourth-order valence-electron chi connectivity index (χ4n) is 3.28. The summed E-state index contributed by atoms with van der Waals surface area (Å²) in [5, 5.41) is 14.9. The molecular formula is C22H19Cl3F3N3O3. The van der Waals surface area contributed by atoms with Crippen molar-refractivity contribution in [1.82, 2.24) is 14.3 Å². The Labute approximate surface area is 207 Å². The van der Waals surface area contributed by atoms with Crippen LogP contribution in [0, 0.1) is 0 Å². The summed E-state index contributed by atoms with van der Waals surface area (Å²) >= 11 is 18.1. The van der Waals surface area contributed by atoms with Gasteiger partial charge in [0, 0.05) is 27.1 Å². The van der Waals surface area contributed by atoms with E-state index in [-0.39, 0.29) is 18.0 Å². The lowest BCUT2D eigenvalue weighted by atomic mass is 10.1. The van der Waals surface area contributed by atoms with Crippen molar-refractivity contribution in [3.8, 4) is 11.4 Å². The minimum atomic E-state index is -4.94. The zero-order chi connectivity index (χ0) is 25.0. The fourth-order valence-corrected chi connectivity index (χ4v) is 3.99. The van der Waals surface area contributed by atoms with Crippen molar-refractivity contribution >= 4 is 40.6 Å². The zero-order valence-electron chi connectivity index (χ0n) is 17.5. The highest BCUT2D eigenvalue weighted by Gasteiger charge is 2.39. The second-order valence-electron chi connectivity index (χ2n) is 7.53. The van der Waals surface area contributed by atoms with Crippen LogP contribution in [0.1, 0.15) is 18.4 Å². The van der Waals surface area contributed by atoms with Crippen LogP contribution in [0.4, 0.5) is 13.2 Å². The van der Waals surface area contributed by atoms with Crippen molar-refractivity contribution in [2.75, 3.05) is 0 Å². The highest BCUT2D eigenvalue weighted by Crippen LogP contribution is 2.26. The Bertz CT molecular complexity index is 1200. The second kappa shape index (κ2) is 10.9. The van der Waals surface area contributed by atoms with E-state index in [9.17, 15) is 27.9 Å². The highest BCUT2D eigenvalue weighted by molar-refractivity contribution is 6.36. The lowest BCUT2D eigenvalue weighted by Gasteiger charge is -2.15. The molecule has 0 amide bonds. The molecule has 1 atom stereocenters. The first kappa shape index (κ1) is 26.3. The van der Waals surface area contributed by atoms with E-state index in [0.29, 0.717) is 43.6 Å². The minimum Gasteiger partial charge on any atom is -0.382 e. The van der Waals surface area contributed by atoms with Crippen LogP contribution in [0.25, 0.3) is 11.4 Å². The summed E-state index contributed by atoms with van der Waals surface area (Å²) < 4.78 is 40.3. The molecule has 0 bridgehead atoms. The van der Waals surface area contributed by atoms with E-state index in [1.54, 1.807) is 18.2 Å². The maximum atomic E-state index is 12.9. The van der Waals surface area contributed by atoms with E-state index < -0.39 is 31.1 Å². The predicted molar refractivity (Wildman–Crippen MR) is 123 cm³/mol. The standard InChI is InChI=1S/C22H19Cl3F3N3O3/c23-14-9-7-13(8-10-14)20-29-31(21(34)30(20)12-19(33)22(26,27)28)11-15(32)3-1-4-16-17(24)5-2-6-18(16)25/h2,5-10,19,33H,1,3-4,11-12H2. The molecule has 0 aliphatic carbocycles. The summed E-state index contributed by atoms with van der Waals surface area (Å²) in [6.45, 7) is -1.51. The Morgan fingerprint density at radius 3 is 2.26 bits per heavy atom. The number of Topliss-reactive ketones (excluding diaryl/α,β-unsaturated/α-hetero) is 1. The second-order valence-corrected chi connectivity index (χ2v) is 8.78. The third-order valence-corrected chi connectivity index (χ3v) is 5.99. The Balaban J connectivity index is 1.79. The van der Waals surface area contributed by atoms with Gasteiger partial charge >= 0.3 is 11.9 Å². The number of nitrogens with zero attached hydrogens (tertiary/aromatic N) is 3. The largest absolute Gasteiger partial charge is 0.416 e. The van der Waals surface area contributed by atoms with E-state index in [1.165, 1.54) is 24.3 Å². The molecule has 12 heteroatoms. The molecule has 0 radical (unpaired) electrons. The summed E-state index contributed by atoms with van der Waals surface area (Å²) in [5.74, 6) is -0.477. The smallest absolute Gasteiger partial charge is 0.382 e. The molecule has 0 saturated heterocycles.